The van der Waals surface area contributed by atoms with Gasteiger partial charge in [-0.15, -0.1) is 0 Å². The lowest BCUT2D eigenvalue weighted by Crippen LogP contribution is -2.18. The number of ether oxygens (including phenoxy) is 1. The zero-order chi connectivity index (χ0) is 14.2. The SMILES string of the molecule is CCOC(=O)Cn1c(C)c(C)c2c(=O)oc(=O)[nH]c21. The third kappa shape index (κ3) is 2.18. The standard InChI is InChI=1S/C12H14N2O5/c1-4-18-8(15)5-14-7(3)6(2)9-10(14)13-12(17)19-11(9)16/h4-5H2,1-3H3,(H,13,17). The second-order valence-electron chi connectivity index (χ2n) is 4.13. The van der Waals surface area contributed by atoms with Gasteiger partial charge in [-0.25, -0.2) is 9.59 Å². The van der Waals surface area contributed by atoms with Crippen LogP contribution < -0.4 is 11.4 Å². The van der Waals surface area contributed by atoms with Gasteiger partial charge in [0.1, 0.15) is 17.6 Å². The van der Waals surface area contributed by atoms with Crippen molar-refractivity contribution in [3.8, 4) is 0 Å². The van der Waals surface area contributed by atoms with Crippen LogP contribution >= 0.6 is 0 Å². The van der Waals surface area contributed by atoms with E-state index < -0.39 is 17.4 Å². The number of hydrogen-bond acceptors (Lipinski definition) is 5. The molecule has 0 radical (unpaired) electrons. The Balaban J connectivity index is 2.67. The maximum Gasteiger partial charge on any atom is 0.420 e. The molecule has 0 aromatic carbocycles. The van der Waals surface area contributed by atoms with Crippen molar-refractivity contribution < 1.29 is 13.9 Å². The van der Waals surface area contributed by atoms with E-state index in [1.165, 1.54) is 0 Å². The van der Waals surface area contributed by atoms with Crippen LogP contribution in [-0.2, 0) is 16.1 Å². The number of nitrogens with one attached hydrogen (secondary N) is 1. The Morgan fingerprint density at radius 1 is 1.37 bits per heavy atom. The van der Waals surface area contributed by atoms with Crippen LogP contribution in [0.25, 0.3) is 11.0 Å². The molecule has 0 bridgehead atoms. The van der Waals surface area contributed by atoms with Crippen LogP contribution in [0.4, 0.5) is 0 Å². The molecule has 2 heterocycles. The Morgan fingerprint density at radius 2 is 2.05 bits per heavy atom. The molecule has 0 fully saturated rings. The van der Waals surface area contributed by atoms with E-state index in [2.05, 4.69) is 9.40 Å². The molecule has 102 valence electrons. The minimum atomic E-state index is -0.847. The maximum atomic E-state index is 11.7. The number of nitrogens with zero attached hydrogens (tertiary/aromatic N) is 1. The summed E-state index contributed by atoms with van der Waals surface area (Å²) in [6, 6.07) is 0. The lowest BCUT2D eigenvalue weighted by Gasteiger charge is -2.07. The first-order chi connectivity index (χ1) is 8.95. The Bertz CT molecular complexity index is 750. The fourth-order valence-corrected chi connectivity index (χ4v) is 2.03. The molecule has 19 heavy (non-hydrogen) atoms. The molecule has 7 nitrogen and oxygen atoms in total. The molecule has 0 atom stereocenters. The molecule has 2 aromatic heterocycles. The molecule has 0 saturated carbocycles. The topological polar surface area (TPSA) is 94.3 Å². The third-order valence-electron chi connectivity index (χ3n) is 3.03. The molecule has 2 rings (SSSR count). The summed E-state index contributed by atoms with van der Waals surface area (Å²) in [6.45, 7) is 5.40. The first-order valence-electron chi connectivity index (χ1n) is 5.84. The van der Waals surface area contributed by atoms with Crippen LogP contribution in [0.2, 0.25) is 0 Å². The lowest BCUT2D eigenvalue weighted by atomic mass is 10.2. The number of hydrogen-bond donors (Lipinski definition) is 1. The van der Waals surface area contributed by atoms with Gasteiger partial charge in [0.25, 0.3) is 0 Å². The van der Waals surface area contributed by atoms with Crippen LogP contribution in [0.5, 0.6) is 0 Å². The summed E-state index contributed by atoms with van der Waals surface area (Å²) in [5, 5.41) is 0.279. The molecular weight excluding hydrogens is 252 g/mol. The Labute approximate surface area is 107 Å². The normalized spacial score (nSPS) is 10.9. The smallest absolute Gasteiger partial charge is 0.420 e. The van der Waals surface area contributed by atoms with Crippen molar-refractivity contribution in [1.29, 1.82) is 0 Å². The maximum absolute atomic E-state index is 11.7. The van der Waals surface area contributed by atoms with E-state index in [4.69, 9.17) is 4.74 Å². The number of aromatic nitrogens is 2. The van der Waals surface area contributed by atoms with E-state index in [9.17, 15) is 14.4 Å². The molecule has 0 amide bonds. The number of esters is 1. The van der Waals surface area contributed by atoms with E-state index in [0.29, 0.717) is 11.3 Å². The highest BCUT2D eigenvalue weighted by Crippen LogP contribution is 2.19. The van der Waals surface area contributed by atoms with Gasteiger partial charge in [0.15, 0.2) is 0 Å². The van der Waals surface area contributed by atoms with Gasteiger partial charge in [0.05, 0.1) is 6.61 Å². The molecule has 0 spiro atoms. The zero-order valence-electron chi connectivity index (χ0n) is 10.9. The summed E-state index contributed by atoms with van der Waals surface area (Å²) < 4.78 is 10.9. The van der Waals surface area contributed by atoms with Gasteiger partial charge in [-0.2, -0.15) is 0 Å². The minimum absolute atomic E-state index is 0.0661. The lowest BCUT2D eigenvalue weighted by molar-refractivity contribution is -0.143. The number of carbonyl (C=O) groups excluding carboxylic acids is 1. The van der Waals surface area contributed by atoms with Crippen molar-refractivity contribution in [2.75, 3.05) is 6.61 Å². The van der Waals surface area contributed by atoms with Gasteiger partial charge in [-0.3, -0.25) is 9.78 Å². The van der Waals surface area contributed by atoms with E-state index in [1.54, 1.807) is 25.3 Å². The molecule has 2 aromatic rings. The van der Waals surface area contributed by atoms with Crippen LogP contribution in [0.3, 0.4) is 0 Å². The summed E-state index contributed by atoms with van der Waals surface area (Å²) in [6.07, 6.45) is 0. The summed E-state index contributed by atoms with van der Waals surface area (Å²) in [5.41, 5.74) is 0.952. The summed E-state index contributed by atoms with van der Waals surface area (Å²) in [4.78, 5) is 36.9. The molecule has 7 heteroatoms. The first-order valence-corrected chi connectivity index (χ1v) is 5.84. The second kappa shape index (κ2) is 4.75. The Kier molecular flexibility index (Phi) is 3.28. The van der Waals surface area contributed by atoms with Gasteiger partial charge >= 0.3 is 17.4 Å². The number of rotatable bonds is 3. The van der Waals surface area contributed by atoms with Crippen molar-refractivity contribution in [3.63, 3.8) is 0 Å². The van der Waals surface area contributed by atoms with Crippen LogP contribution in [0.1, 0.15) is 18.2 Å². The van der Waals surface area contributed by atoms with Crippen molar-refractivity contribution in [2.24, 2.45) is 0 Å². The number of aromatic amines is 1. The predicted molar refractivity (Wildman–Crippen MR) is 67.2 cm³/mol. The molecule has 0 aliphatic carbocycles. The number of H-pyrrole nitrogens is 1. The fourth-order valence-electron chi connectivity index (χ4n) is 2.03. The van der Waals surface area contributed by atoms with Gasteiger partial charge in [0, 0.05) is 5.69 Å². The average Bonchev–Trinajstić information content (AvgIpc) is 2.54. The Hall–Kier alpha value is -2.31. The van der Waals surface area contributed by atoms with Gasteiger partial charge < -0.3 is 13.7 Å². The van der Waals surface area contributed by atoms with Crippen molar-refractivity contribution in [3.05, 3.63) is 32.2 Å². The van der Waals surface area contributed by atoms with Crippen LogP contribution in [-0.4, -0.2) is 22.1 Å². The van der Waals surface area contributed by atoms with Gasteiger partial charge in [-0.05, 0) is 26.3 Å². The van der Waals surface area contributed by atoms with Crippen molar-refractivity contribution in [1.82, 2.24) is 9.55 Å². The van der Waals surface area contributed by atoms with Crippen molar-refractivity contribution >= 4 is 17.0 Å². The molecule has 0 saturated heterocycles. The van der Waals surface area contributed by atoms with E-state index in [1.807, 2.05) is 0 Å². The summed E-state index contributed by atoms with van der Waals surface area (Å²) >= 11 is 0. The zero-order valence-corrected chi connectivity index (χ0v) is 10.9. The third-order valence-corrected chi connectivity index (χ3v) is 3.03. The summed E-state index contributed by atoms with van der Waals surface area (Å²) in [7, 11) is 0. The largest absolute Gasteiger partial charge is 0.465 e. The van der Waals surface area contributed by atoms with E-state index >= 15 is 0 Å². The highest BCUT2D eigenvalue weighted by molar-refractivity contribution is 5.82. The van der Waals surface area contributed by atoms with Gasteiger partial charge in [0.2, 0.25) is 0 Å². The van der Waals surface area contributed by atoms with Crippen molar-refractivity contribution in [2.45, 2.75) is 27.3 Å². The average molecular weight is 266 g/mol. The van der Waals surface area contributed by atoms with Gasteiger partial charge in [-0.1, -0.05) is 0 Å². The van der Waals surface area contributed by atoms with Crippen LogP contribution in [0.15, 0.2) is 14.0 Å². The van der Waals surface area contributed by atoms with E-state index in [0.717, 1.165) is 0 Å². The highest BCUT2D eigenvalue weighted by Gasteiger charge is 2.18. The fraction of sp³-hybridized carbons (Fsp3) is 0.417. The molecule has 1 N–H and O–H groups in total. The second-order valence-corrected chi connectivity index (χ2v) is 4.13. The number of fused-ring (bicyclic) bond motifs is 1. The molecular formula is C12H14N2O5. The monoisotopic (exact) mass is 266 g/mol. The Morgan fingerprint density at radius 3 is 2.68 bits per heavy atom. The molecule has 0 unspecified atom stereocenters. The quantitative estimate of drug-likeness (QED) is 0.814. The van der Waals surface area contributed by atoms with E-state index in [-0.39, 0.29) is 24.2 Å². The first kappa shape index (κ1) is 13.1. The molecule has 0 aliphatic heterocycles. The number of aryl methyl sites for hydroxylation is 1. The minimum Gasteiger partial charge on any atom is -0.465 e. The highest BCUT2D eigenvalue weighted by atomic mass is 16.5. The summed E-state index contributed by atoms with van der Waals surface area (Å²) in [5.74, 6) is -1.28. The predicted octanol–water partition coefficient (Wildman–Crippen LogP) is 0.463. The number of carbonyl (C=O) groups is 1. The van der Waals surface area contributed by atoms with Crippen LogP contribution in [0, 0.1) is 13.8 Å². The molecule has 0 aliphatic rings.